The molecule has 0 aromatic heterocycles. The summed E-state index contributed by atoms with van der Waals surface area (Å²) in [5, 5.41) is 8.96. The first-order valence-corrected chi connectivity index (χ1v) is 10.9. The zero-order valence-electron chi connectivity index (χ0n) is 17.2. The molecule has 5 nitrogen and oxygen atoms in total. The van der Waals surface area contributed by atoms with Gasteiger partial charge in [-0.05, 0) is 55.4 Å². The third-order valence-electron chi connectivity index (χ3n) is 6.65. The number of ether oxygens (including phenoxy) is 2. The van der Waals surface area contributed by atoms with Gasteiger partial charge in [0, 0.05) is 37.9 Å². The lowest BCUT2D eigenvalue weighted by Crippen LogP contribution is -2.35. The van der Waals surface area contributed by atoms with Gasteiger partial charge in [-0.3, -0.25) is 4.79 Å². The summed E-state index contributed by atoms with van der Waals surface area (Å²) < 4.78 is 42.4. The van der Waals surface area contributed by atoms with Crippen LogP contribution in [0.15, 0.2) is 30.3 Å². The van der Waals surface area contributed by atoms with Crippen LogP contribution < -0.4 is 14.4 Å². The highest BCUT2D eigenvalue weighted by atomic mass is 19.1. The molecule has 2 aromatic rings. The minimum Gasteiger partial charge on any atom is -0.481 e. The molecule has 1 aliphatic carbocycles. The first kappa shape index (κ1) is 20.1. The van der Waals surface area contributed by atoms with Crippen LogP contribution in [0, 0.1) is 17.6 Å². The number of fused-ring (bicyclic) bond motifs is 1. The normalized spacial score (nSPS) is 19.9. The molecular formula is C24H25F2NO4. The average molecular weight is 429 g/mol. The van der Waals surface area contributed by atoms with Crippen LogP contribution in [-0.2, 0) is 4.79 Å². The van der Waals surface area contributed by atoms with E-state index in [-0.39, 0.29) is 18.0 Å². The van der Waals surface area contributed by atoms with Gasteiger partial charge < -0.3 is 19.5 Å². The molecule has 31 heavy (non-hydrogen) atoms. The molecule has 7 heteroatoms. The second-order valence-electron chi connectivity index (χ2n) is 8.77. The molecular weight excluding hydrogens is 404 g/mol. The molecule has 0 atom stereocenters. The van der Waals surface area contributed by atoms with E-state index in [9.17, 15) is 4.79 Å². The zero-order valence-corrected chi connectivity index (χ0v) is 17.2. The largest absolute Gasteiger partial charge is 0.481 e. The predicted octanol–water partition coefficient (Wildman–Crippen LogP) is 5.36. The van der Waals surface area contributed by atoms with Crippen LogP contribution in [0.1, 0.15) is 44.9 Å². The van der Waals surface area contributed by atoms with Gasteiger partial charge in [0.2, 0.25) is 0 Å². The molecule has 1 N–H and O–H groups in total. The molecule has 0 radical (unpaired) electrons. The van der Waals surface area contributed by atoms with Crippen LogP contribution in [0.5, 0.6) is 11.5 Å². The Morgan fingerprint density at radius 2 is 1.77 bits per heavy atom. The molecule has 5 rings (SSSR count). The molecule has 3 aliphatic rings. The van der Waals surface area contributed by atoms with E-state index < -0.39 is 23.4 Å². The van der Waals surface area contributed by atoms with Crippen molar-refractivity contribution in [1.29, 1.82) is 0 Å². The summed E-state index contributed by atoms with van der Waals surface area (Å²) in [4.78, 5) is 12.6. The number of carboxylic acid groups (broad SMARTS) is 1. The number of hydrogen-bond acceptors (Lipinski definition) is 4. The van der Waals surface area contributed by atoms with E-state index in [0.717, 1.165) is 25.7 Å². The van der Waals surface area contributed by atoms with E-state index in [0.29, 0.717) is 48.6 Å². The smallest absolute Gasteiger partial charge is 0.303 e. The van der Waals surface area contributed by atoms with Gasteiger partial charge in [-0.15, -0.1) is 0 Å². The van der Waals surface area contributed by atoms with Gasteiger partial charge >= 0.3 is 5.97 Å². The number of para-hydroxylation sites is 1. The van der Waals surface area contributed by atoms with Gasteiger partial charge in [0.25, 0.3) is 5.79 Å². The highest BCUT2D eigenvalue weighted by Gasteiger charge is 2.45. The van der Waals surface area contributed by atoms with Crippen LogP contribution in [0.4, 0.5) is 14.5 Å². The Kier molecular flexibility index (Phi) is 4.99. The van der Waals surface area contributed by atoms with Crippen LogP contribution in [0.3, 0.4) is 0 Å². The lowest BCUT2D eigenvalue weighted by Gasteiger charge is -2.33. The van der Waals surface area contributed by atoms with Crippen molar-refractivity contribution in [1.82, 2.24) is 0 Å². The van der Waals surface area contributed by atoms with E-state index in [1.807, 2.05) is 12.1 Å². The van der Waals surface area contributed by atoms with Crippen LogP contribution in [0.25, 0.3) is 11.1 Å². The Morgan fingerprint density at radius 3 is 2.42 bits per heavy atom. The number of rotatable bonds is 4. The monoisotopic (exact) mass is 429 g/mol. The zero-order chi connectivity index (χ0) is 21.6. The third kappa shape index (κ3) is 3.70. The van der Waals surface area contributed by atoms with Gasteiger partial charge in [0.05, 0.1) is 0 Å². The Hall–Kier alpha value is -2.83. The molecule has 164 valence electrons. The number of piperidine rings is 1. The van der Waals surface area contributed by atoms with Crippen LogP contribution in [-0.4, -0.2) is 30.0 Å². The molecule has 2 heterocycles. The third-order valence-corrected chi connectivity index (χ3v) is 6.65. The van der Waals surface area contributed by atoms with E-state index in [1.54, 1.807) is 11.0 Å². The topological polar surface area (TPSA) is 59.0 Å². The highest BCUT2D eigenvalue weighted by molar-refractivity contribution is 5.76. The number of aliphatic carboxylic acids is 1. The average Bonchev–Trinajstić information content (AvgIpc) is 3.34. The fourth-order valence-electron chi connectivity index (χ4n) is 5.08. The van der Waals surface area contributed by atoms with E-state index in [2.05, 4.69) is 0 Å². The van der Waals surface area contributed by atoms with Gasteiger partial charge in [0.15, 0.2) is 11.5 Å². The quantitative estimate of drug-likeness (QED) is 0.709. The van der Waals surface area contributed by atoms with Crippen molar-refractivity contribution < 1.29 is 28.2 Å². The minimum atomic E-state index is -0.832. The Bertz CT molecular complexity index is 988. The number of hydrogen-bond donors (Lipinski definition) is 1. The van der Waals surface area contributed by atoms with Crippen molar-refractivity contribution in [2.24, 2.45) is 5.92 Å². The molecule has 1 saturated carbocycles. The predicted molar refractivity (Wildman–Crippen MR) is 111 cm³/mol. The van der Waals surface area contributed by atoms with Crippen molar-refractivity contribution >= 4 is 11.7 Å². The van der Waals surface area contributed by atoms with E-state index >= 15 is 8.78 Å². The number of halogens is 2. The first-order valence-electron chi connectivity index (χ1n) is 10.9. The molecule has 2 aliphatic heterocycles. The van der Waals surface area contributed by atoms with Gasteiger partial charge in [-0.2, -0.15) is 0 Å². The minimum absolute atomic E-state index is 0.0467. The summed E-state index contributed by atoms with van der Waals surface area (Å²) in [7, 11) is 0. The van der Waals surface area contributed by atoms with Gasteiger partial charge in [0.1, 0.15) is 17.3 Å². The summed E-state index contributed by atoms with van der Waals surface area (Å²) in [5.74, 6) is -1.52. The van der Waals surface area contributed by atoms with Crippen molar-refractivity contribution in [2.75, 3.05) is 18.0 Å². The fourth-order valence-corrected chi connectivity index (χ4v) is 5.08. The van der Waals surface area contributed by atoms with Crippen molar-refractivity contribution in [3.8, 4) is 22.6 Å². The Morgan fingerprint density at radius 1 is 1.10 bits per heavy atom. The first-order chi connectivity index (χ1) is 14.9. The second kappa shape index (κ2) is 7.70. The maximum absolute atomic E-state index is 15.1. The Balaban J connectivity index is 1.40. The maximum atomic E-state index is 15.1. The van der Waals surface area contributed by atoms with Crippen molar-refractivity contribution in [2.45, 2.75) is 50.7 Å². The number of carboxylic acids is 1. The van der Waals surface area contributed by atoms with Crippen molar-refractivity contribution in [3.05, 3.63) is 42.0 Å². The summed E-state index contributed by atoms with van der Waals surface area (Å²) in [6, 6.07) is 8.12. The summed E-state index contributed by atoms with van der Waals surface area (Å²) in [6.45, 7) is 0.872. The number of nitrogens with zero attached hydrogens (tertiary/aromatic N) is 1. The molecule has 0 bridgehead atoms. The van der Waals surface area contributed by atoms with E-state index in [4.69, 9.17) is 14.6 Å². The lowest BCUT2D eigenvalue weighted by atomic mass is 9.93. The maximum Gasteiger partial charge on any atom is 0.303 e. The molecule has 1 spiro atoms. The van der Waals surface area contributed by atoms with Gasteiger partial charge in [-0.1, -0.05) is 12.1 Å². The standard InChI is InChI=1S/C24H25F2NO4/c25-18-13-16(14-19(26)22(18)27-10-6-15(7-11-27)12-21(28)29)17-4-3-5-20-23(17)31-24(30-20)8-1-2-9-24/h3-5,13-15H,1-2,6-12H2,(H,28,29). The summed E-state index contributed by atoms with van der Waals surface area (Å²) in [5.41, 5.74) is 0.982. The molecule has 1 saturated heterocycles. The van der Waals surface area contributed by atoms with Crippen LogP contribution >= 0.6 is 0 Å². The number of carbonyl (C=O) groups is 1. The highest BCUT2D eigenvalue weighted by Crippen LogP contribution is 2.51. The van der Waals surface area contributed by atoms with Crippen LogP contribution in [0.2, 0.25) is 0 Å². The Labute approximate surface area is 179 Å². The molecule has 0 amide bonds. The fraction of sp³-hybridized carbons (Fsp3) is 0.458. The molecule has 2 aromatic carbocycles. The SMILES string of the molecule is O=C(O)CC1CCN(c2c(F)cc(-c3cccc4c3OC3(CCCC3)O4)cc2F)CC1. The lowest BCUT2D eigenvalue weighted by molar-refractivity contribution is -0.138. The van der Waals surface area contributed by atoms with Gasteiger partial charge in [-0.25, -0.2) is 8.78 Å². The number of anilines is 1. The number of benzene rings is 2. The van der Waals surface area contributed by atoms with Crippen molar-refractivity contribution in [3.63, 3.8) is 0 Å². The molecule has 0 unspecified atom stereocenters. The summed E-state index contributed by atoms with van der Waals surface area (Å²) >= 11 is 0. The second-order valence-corrected chi connectivity index (χ2v) is 8.77. The molecule has 2 fully saturated rings. The summed E-state index contributed by atoms with van der Waals surface area (Å²) in [6.07, 6.45) is 4.98. The van der Waals surface area contributed by atoms with E-state index in [1.165, 1.54) is 12.1 Å².